The van der Waals surface area contributed by atoms with Crippen molar-refractivity contribution in [2.75, 3.05) is 33.5 Å². The molecule has 3 saturated heterocycles. The molecule has 25 heteroatoms. The summed E-state index contributed by atoms with van der Waals surface area (Å²) in [4.78, 5) is 57.2. The van der Waals surface area contributed by atoms with Crippen molar-refractivity contribution in [3.63, 3.8) is 0 Å². The number of hydrogen-bond donors (Lipinski definition) is 7. The maximum absolute atomic E-state index is 14.2. The van der Waals surface area contributed by atoms with Gasteiger partial charge in [0, 0.05) is 37.7 Å². The van der Waals surface area contributed by atoms with Gasteiger partial charge >= 0.3 is 22.3 Å². The first kappa shape index (κ1) is 72.7. The van der Waals surface area contributed by atoms with Crippen molar-refractivity contribution in [3.05, 3.63) is 12.7 Å². The van der Waals surface area contributed by atoms with Gasteiger partial charge in [-0.05, 0) is 81.3 Å². The number of rotatable bonds is 21. The van der Waals surface area contributed by atoms with Crippen molar-refractivity contribution in [2.45, 2.75) is 264 Å². The van der Waals surface area contributed by atoms with Gasteiger partial charge in [0.1, 0.15) is 35.4 Å². The van der Waals surface area contributed by atoms with Crippen molar-refractivity contribution in [1.82, 2.24) is 24.8 Å². The highest BCUT2D eigenvalue weighted by atomic mass is 32.3. The van der Waals surface area contributed by atoms with Crippen LogP contribution in [0.5, 0.6) is 0 Å². The van der Waals surface area contributed by atoms with E-state index >= 15 is 0 Å². The number of aliphatic hydroxyl groups excluding tert-OH is 2. The molecule has 0 amide bonds. The number of aromatic amines is 1. The number of ether oxygens (including phenoxy) is 7. The molecule has 3 aliphatic rings. The summed E-state index contributed by atoms with van der Waals surface area (Å²) >= 11 is 0. The number of esters is 2. The number of carbonyl (C=O) groups is 3. The molecule has 8 N–H and O–H groups in total. The minimum Gasteiger partial charge on any atom is -0.459 e. The molecule has 0 saturated carbocycles. The van der Waals surface area contributed by atoms with E-state index in [1.807, 2.05) is 25.9 Å². The third-order valence-electron chi connectivity index (χ3n) is 16.3. The van der Waals surface area contributed by atoms with Gasteiger partial charge < -0.3 is 69.2 Å². The number of likely N-dealkylation sites (N-methyl/N-ethyl adjacent to an activating group) is 1. The molecule has 82 heavy (non-hydrogen) atoms. The number of nitrogens with two attached hydrogens (primary N) is 1. The molecule has 0 aliphatic carbocycles. The normalized spacial score (nSPS) is 35.2. The Morgan fingerprint density at radius 1 is 0.841 bits per heavy atom. The minimum absolute atomic E-state index is 0.0760. The molecule has 0 bridgehead atoms. The van der Waals surface area contributed by atoms with Crippen LogP contribution in [-0.4, -0.2) is 188 Å². The SMILES string of the molecule is CCC(=O)OC1C(OC2C(C)C(OC3CC(C)(OC)C(O)C(C)O3)C(C)C(=O)OC(CC)C(C)(O)C(O)C(C)C(=O)C(C)CC2(C)O)OC(C)CC1N(C)C.CCCCCCCCCCCCOS(=O)(=O)O.Nc1ncnc2nc[nH]c12. The lowest BCUT2D eigenvalue weighted by Crippen LogP contribution is -2.61. The number of methoxy groups -OCH3 is 1. The van der Waals surface area contributed by atoms with Gasteiger partial charge in [-0.1, -0.05) is 99.3 Å². The Morgan fingerprint density at radius 3 is 2.00 bits per heavy atom. The van der Waals surface area contributed by atoms with Gasteiger partial charge in [0.2, 0.25) is 0 Å². The number of cyclic esters (lactones) is 1. The Balaban J connectivity index is 0.000000527. The maximum Gasteiger partial charge on any atom is 0.397 e. The summed E-state index contributed by atoms with van der Waals surface area (Å²) in [5.74, 6) is -5.15. The van der Waals surface area contributed by atoms with Crippen LogP contribution in [0.25, 0.3) is 11.2 Å². The number of fused-ring (bicyclic) bond motifs is 1. The number of ketones is 1. The standard InChI is InChI=1S/C40H71NO14.C12H26O4S.C5H5N5/c1-15-27-40(11,48)33(44)22(5)30(43)20(3)18-38(9,47)35(55-37-32(53-28(42)16-2)26(41(12)13)17-21(4)50-37)23(6)31(24(7)36(46)52-27)54-29-19-39(10,49-14)34(45)25(8)51-29;1-2-3-4-5-6-7-8-9-10-11-12-16-17(13,14)15;6-4-3-5(9-1-7-3)10-2-8-4/h20-27,29,31-35,37,44-45,47-48H,15-19H2,1-14H3;2-12H2,1H3,(H,13,14,15);1-2H,(H3,6,7,8,9,10). The highest BCUT2D eigenvalue weighted by Gasteiger charge is 2.54. The molecule has 474 valence electrons. The van der Waals surface area contributed by atoms with Crippen LogP contribution in [0.3, 0.4) is 0 Å². The number of anilines is 1. The summed E-state index contributed by atoms with van der Waals surface area (Å²) in [5, 5.41) is 46.6. The molecule has 3 fully saturated rings. The molecule has 2 aromatic rings. The zero-order valence-electron chi connectivity index (χ0n) is 51.4. The molecule has 0 spiro atoms. The third-order valence-corrected chi connectivity index (χ3v) is 16.8. The van der Waals surface area contributed by atoms with Gasteiger partial charge in [-0.15, -0.1) is 0 Å². The van der Waals surface area contributed by atoms with E-state index in [1.54, 1.807) is 48.5 Å². The number of nitrogens with one attached hydrogen (secondary N) is 1. The van der Waals surface area contributed by atoms with Gasteiger partial charge in [-0.2, -0.15) is 8.42 Å². The Labute approximate surface area is 486 Å². The van der Waals surface area contributed by atoms with Crippen LogP contribution in [-0.2, 0) is 62.1 Å². The molecule has 0 radical (unpaired) electrons. The molecule has 5 rings (SSSR count). The average Bonchev–Trinajstić information content (AvgIpc) is 4.01. The highest BCUT2D eigenvalue weighted by molar-refractivity contribution is 7.80. The Bertz CT molecular complexity index is 2350. The van der Waals surface area contributed by atoms with Gasteiger partial charge in [0.25, 0.3) is 0 Å². The number of Topliss-reactive ketones (excluding diaryl/α,β-unsaturated/α-hetero) is 1. The largest absolute Gasteiger partial charge is 0.459 e. The van der Waals surface area contributed by atoms with E-state index in [2.05, 4.69) is 31.0 Å². The van der Waals surface area contributed by atoms with Crippen molar-refractivity contribution >= 4 is 45.1 Å². The molecular formula is C57H102N6O18S. The summed E-state index contributed by atoms with van der Waals surface area (Å²) in [6.45, 7) is 20.3. The van der Waals surface area contributed by atoms with Crippen molar-refractivity contribution < 1.29 is 85.1 Å². The Hall–Kier alpha value is -3.57. The zero-order valence-corrected chi connectivity index (χ0v) is 52.3. The summed E-state index contributed by atoms with van der Waals surface area (Å²) in [6, 6.07) is -0.319. The fourth-order valence-corrected chi connectivity index (χ4v) is 11.6. The van der Waals surface area contributed by atoms with E-state index in [4.69, 9.17) is 43.4 Å². The zero-order chi connectivity index (χ0) is 61.9. The summed E-state index contributed by atoms with van der Waals surface area (Å²) in [7, 11) is 0.973. The summed E-state index contributed by atoms with van der Waals surface area (Å²) in [6.07, 6.45) is 5.10. The van der Waals surface area contributed by atoms with E-state index in [9.17, 15) is 43.2 Å². The van der Waals surface area contributed by atoms with Crippen molar-refractivity contribution in [3.8, 4) is 0 Å². The van der Waals surface area contributed by atoms with Crippen LogP contribution in [0, 0.1) is 23.7 Å². The second-order valence-corrected chi connectivity index (χ2v) is 24.7. The monoisotopic (exact) mass is 1190 g/mol. The van der Waals surface area contributed by atoms with Gasteiger partial charge in [-0.3, -0.25) is 18.9 Å². The number of hydrogen-bond acceptors (Lipinski definition) is 22. The van der Waals surface area contributed by atoms with Crippen LogP contribution >= 0.6 is 0 Å². The van der Waals surface area contributed by atoms with Crippen molar-refractivity contribution in [1.29, 1.82) is 0 Å². The van der Waals surface area contributed by atoms with E-state index in [0.29, 0.717) is 29.8 Å². The van der Waals surface area contributed by atoms with Crippen LogP contribution in [0.1, 0.15) is 179 Å². The topological polar surface area (TPSA) is 344 Å². The van der Waals surface area contributed by atoms with Crippen LogP contribution in [0.15, 0.2) is 12.7 Å². The van der Waals surface area contributed by atoms with E-state index in [-0.39, 0.29) is 44.4 Å². The quantitative estimate of drug-likeness (QED) is 0.0403. The number of nitrogen functional groups attached to an aromatic ring is 1. The van der Waals surface area contributed by atoms with E-state index in [0.717, 1.165) is 12.8 Å². The number of carbonyl (C=O) groups excluding carboxylic acids is 3. The average molecular weight is 1190 g/mol. The van der Waals surface area contributed by atoms with Crippen LogP contribution in [0.4, 0.5) is 5.82 Å². The summed E-state index contributed by atoms with van der Waals surface area (Å²) < 4.78 is 76.6. The van der Waals surface area contributed by atoms with Crippen molar-refractivity contribution in [2.24, 2.45) is 23.7 Å². The fraction of sp³-hybridized carbons (Fsp3) is 0.860. The fourth-order valence-electron chi connectivity index (χ4n) is 11.3. The molecule has 24 nitrogen and oxygen atoms in total. The third kappa shape index (κ3) is 21.1. The number of unbranched alkanes of at least 4 members (excludes halogenated alkanes) is 9. The van der Waals surface area contributed by atoms with E-state index in [1.165, 1.54) is 85.5 Å². The Kier molecular flexibility index (Phi) is 29.6. The number of imidazole rings is 1. The molecule has 18 unspecified atom stereocenters. The predicted molar refractivity (Wildman–Crippen MR) is 306 cm³/mol. The lowest BCUT2D eigenvalue weighted by molar-refractivity contribution is -0.319. The van der Waals surface area contributed by atoms with Crippen LogP contribution in [0.2, 0.25) is 0 Å². The first-order valence-corrected chi connectivity index (χ1v) is 30.8. The number of H-pyrrole nitrogens is 1. The second kappa shape index (κ2) is 33.4. The second-order valence-electron chi connectivity index (χ2n) is 23.6. The molecule has 5 heterocycles. The number of nitrogens with zero attached hydrogens (tertiary/aromatic N) is 4. The highest BCUT2D eigenvalue weighted by Crippen LogP contribution is 2.41. The molecule has 18 atom stereocenters. The van der Waals surface area contributed by atoms with E-state index < -0.39 is 124 Å². The Morgan fingerprint density at radius 2 is 1.45 bits per heavy atom. The molecule has 0 aromatic carbocycles. The number of aromatic nitrogens is 4. The van der Waals surface area contributed by atoms with Gasteiger partial charge in [-0.25, -0.2) is 19.1 Å². The summed E-state index contributed by atoms with van der Waals surface area (Å²) in [5.41, 5.74) is 1.86. The first-order valence-electron chi connectivity index (χ1n) is 29.4. The smallest absolute Gasteiger partial charge is 0.397 e. The van der Waals surface area contributed by atoms with Gasteiger partial charge in [0.05, 0.1) is 66.6 Å². The molecular weight excluding hydrogens is 1090 g/mol. The lowest BCUT2D eigenvalue weighted by atomic mass is 9.74. The number of aliphatic hydroxyl groups is 4. The van der Waals surface area contributed by atoms with Crippen LogP contribution < -0.4 is 5.73 Å². The first-order chi connectivity index (χ1) is 38.3. The lowest BCUT2D eigenvalue weighted by Gasteiger charge is -2.49. The minimum atomic E-state index is -4.23. The molecule has 2 aromatic heterocycles. The maximum atomic E-state index is 14.2. The predicted octanol–water partition coefficient (Wildman–Crippen LogP) is 6.41. The molecule has 3 aliphatic heterocycles. The van der Waals surface area contributed by atoms with Gasteiger partial charge in [0.15, 0.2) is 30.1 Å².